The van der Waals surface area contributed by atoms with Gasteiger partial charge in [-0.3, -0.25) is 14.5 Å². The molecule has 1 saturated heterocycles. The van der Waals surface area contributed by atoms with Gasteiger partial charge < -0.3 is 10.2 Å². The molecule has 204 valence electrons. The Hall–Kier alpha value is -3.55. The number of aromatic nitrogens is 1. The van der Waals surface area contributed by atoms with Crippen molar-refractivity contribution in [2.75, 3.05) is 44.2 Å². The zero-order valence-corrected chi connectivity index (χ0v) is 23.5. The molecule has 40 heavy (non-hydrogen) atoms. The normalized spacial score (nSPS) is 20.9. The molecule has 6 nitrogen and oxygen atoms in total. The highest BCUT2D eigenvalue weighted by molar-refractivity contribution is 7.13. The monoisotopic (exact) mass is 550 g/mol. The van der Waals surface area contributed by atoms with Crippen molar-refractivity contribution in [3.05, 3.63) is 83.4 Å². The maximum Gasteiger partial charge on any atom is 0.251 e. The Balaban J connectivity index is 0.955. The number of piperazine rings is 1. The molecule has 1 N–H and O–H groups in total. The summed E-state index contributed by atoms with van der Waals surface area (Å²) in [6.07, 6.45) is 4.89. The van der Waals surface area contributed by atoms with Crippen molar-refractivity contribution in [2.45, 2.75) is 25.7 Å². The Morgan fingerprint density at radius 2 is 1.57 bits per heavy atom. The van der Waals surface area contributed by atoms with Gasteiger partial charge in [0.15, 0.2) is 5.78 Å². The lowest BCUT2D eigenvalue weighted by Crippen LogP contribution is -2.49. The summed E-state index contributed by atoms with van der Waals surface area (Å²) in [5.41, 5.74) is 3.81. The van der Waals surface area contributed by atoms with Gasteiger partial charge in [-0.2, -0.15) is 4.37 Å². The van der Waals surface area contributed by atoms with Crippen LogP contribution >= 0.6 is 11.5 Å². The van der Waals surface area contributed by atoms with Gasteiger partial charge in [-0.1, -0.05) is 55.3 Å². The average molecular weight is 551 g/mol. The predicted molar refractivity (Wildman–Crippen MR) is 161 cm³/mol. The number of nitrogens with one attached hydrogen (secondary N) is 1. The molecule has 3 aromatic carbocycles. The zero-order chi connectivity index (χ0) is 27.1. The number of ketones is 1. The summed E-state index contributed by atoms with van der Waals surface area (Å²) < 4.78 is 6.01. The second kappa shape index (κ2) is 10.8. The summed E-state index contributed by atoms with van der Waals surface area (Å²) >= 11 is 1.59. The quantitative estimate of drug-likeness (QED) is 0.287. The van der Waals surface area contributed by atoms with Crippen LogP contribution in [0.5, 0.6) is 0 Å². The lowest BCUT2D eigenvalue weighted by molar-refractivity contribution is 0.0920. The molecule has 0 unspecified atom stereocenters. The largest absolute Gasteiger partial charge is 0.353 e. The van der Waals surface area contributed by atoms with E-state index in [1.165, 1.54) is 29.3 Å². The smallest absolute Gasteiger partial charge is 0.251 e. The zero-order valence-electron chi connectivity index (χ0n) is 22.6. The van der Waals surface area contributed by atoms with Gasteiger partial charge in [-0.25, -0.2) is 0 Å². The molecule has 1 aromatic heterocycles. The fraction of sp³-hybridized carbons (Fsp3) is 0.364. The summed E-state index contributed by atoms with van der Waals surface area (Å²) in [5.74, 6) is 2.14. The lowest BCUT2D eigenvalue weighted by Gasteiger charge is -2.40. The van der Waals surface area contributed by atoms with Crippen LogP contribution in [-0.4, -0.2) is 60.2 Å². The summed E-state index contributed by atoms with van der Waals surface area (Å²) in [5, 5.41) is 4.49. The van der Waals surface area contributed by atoms with Crippen LogP contribution in [0.15, 0.2) is 66.7 Å². The fourth-order valence-corrected chi connectivity index (χ4v) is 7.66. The number of fused-ring (bicyclic) bond motifs is 4. The SMILES string of the molecule is O=C(NC[C@H]1CCCC[C@H]1CN1CCN(c2nsc3ccccc23)CC1)c1ccc2c(c1)C(=O)c1ccccc1-2. The van der Waals surface area contributed by atoms with E-state index in [1.54, 1.807) is 17.6 Å². The van der Waals surface area contributed by atoms with Crippen LogP contribution in [-0.2, 0) is 0 Å². The van der Waals surface area contributed by atoms with E-state index in [0.29, 0.717) is 29.5 Å². The van der Waals surface area contributed by atoms with E-state index in [-0.39, 0.29) is 11.7 Å². The third-order valence-electron chi connectivity index (χ3n) is 9.10. The Morgan fingerprint density at radius 3 is 2.42 bits per heavy atom. The first-order chi connectivity index (χ1) is 19.7. The van der Waals surface area contributed by atoms with Gasteiger partial charge in [0.05, 0.1) is 4.70 Å². The Bertz CT molecular complexity index is 1570. The number of carbonyl (C=O) groups excluding carboxylic acids is 2. The second-order valence-electron chi connectivity index (χ2n) is 11.4. The highest BCUT2D eigenvalue weighted by atomic mass is 32.1. The topological polar surface area (TPSA) is 65.5 Å². The number of carbonyl (C=O) groups is 2. The number of hydrogen-bond donors (Lipinski definition) is 1. The molecule has 1 saturated carbocycles. The fourth-order valence-electron chi connectivity index (χ4n) is 6.86. The maximum atomic E-state index is 13.2. The standard InChI is InChI=1S/C33H34N4O2S/c38-31-27-10-4-3-9-25(27)26-14-13-22(19-29(26)31)33(39)34-20-23-7-1-2-8-24(23)21-36-15-17-37(18-16-36)32-28-11-5-6-12-30(28)40-35-32/h3-6,9-14,19,23-24H,1-2,7-8,15-18,20-21H2,(H,34,39)/t23-,24+/m1/s1. The van der Waals surface area contributed by atoms with E-state index in [0.717, 1.165) is 61.7 Å². The van der Waals surface area contributed by atoms with Crippen molar-refractivity contribution >= 4 is 39.1 Å². The first-order valence-corrected chi connectivity index (χ1v) is 15.3. The molecule has 4 aromatic rings. The predicted octanol–water partition coefficient (Wildman–Crippen LogP) is 5.87. The van der Waals surface area contributed by atoms with Crippen LogP contribution in [0.2, 0.25) is 0 Å². The Labute approximate surface area is 239 Å². The number of benzene rings is 3. The third kappa shape index (κ3) is 4.71. The minimum Gasteiger partial charge on any atom is -0.353 e. The van der Waals surface area contributed by atoms with Gasteiger partial charge in [-0.05, 0) is 71.6 Å². The molecule has 7 heteroatoms. The molecule has 3 aliphatic rings. The van der Waals surface area contributed by atoms with Crippen LogP contribution in [0.25, 0.3) is 21.2 Å². The van der Waals surface area contributed by atoms with Crippen LogP contribution in [0, 0.1) is 11.8 Å². The van der Waals surface area contributed by atoms with E-state index in [1.807, 2.05) is 36.4 Å². The molecular weight excluding hydrogens is 516 g/mol. The number of hydrogen-bond acceptors (Lipinski definition) is 6. The van der Waals surface area contributed by atoms with E-state index in [9.17, 15) is 9.59 Å². The molecule has 0 spiro atoms. The molecule has 7 rings (SSSR count). The van der Waals surface area contributed by atoms with Crippen LogP contribution in [0.3, 0.4) is 0 Å². The summed E-state index contributed by atoms with van der Waals surface area (Å²) in [6.45, 7) is 5.89. The minimum absolute atomic E-state index is 0.00987. The summed E-state index contributed by atoms with van der Waals surface area (Å²) in [4.78, 5) is 31.1. The van der Waals surface area contributed by atoms with Crippen LogP contribution in [0.1, 0.15) is 52.0 Å². The summed E-state index contributed by atoms with van der Waals surface area (Å²) in [6, 6.07) is 21.7. The van der Waals surface area contributed by atoms with E-state index < -0.39 is 0 Å². The maximum absolute atomic E-state index is 13.2. The lowest BCUT2D eigenvalue weighted by atomic mass is 9.78. The van der Waals surface area contributed by atoms with Crippen LogP contribution in [0.4, 0.5) is 5.82 Å². The van der Waals surface area contributed by atoms with E-state index in [2.05, 4.69) is 39.4 Å². The van der Waals surface area contributed by atoms with E-state index >= 15 is 0 Å². The van der Waals surface area contributed by atoms with Crippen molar-refractivity contribution in [1.29, 1.82) is 0 Å². The van der Waals surface area contributed by atoms with Gasteiger partial charge in [-0.15, -0.1) is 0 Å². The molecule has 0 radical (unpaired) electrons. The molecule has 2 heterocycles. The first-order valence-electron chi connectivity index (χ1n) is 14.5. The van der Waals surface area contributed by atoms with Gasteiger partial charge in [0.1, 0.15) is 5.82 Å². The van der Waals surface area contributed by atoms with Crippen molar-refractivity contribution in [2.24, 2.45) is 11.8 Å². The number of rotatable bonds is 6. The van der Waals surface area contributed by atoms with Crippen LogP contribution < -0.4 is 10.2 Å². The molecular formula is C33H34N4O2S. The minimum atomic E-state index is -0.0833. The van der Waals surface area contributed by atoms with Crippen molar-refractivity contribution in [3.63, 3.8) is 0 Å². The van der Waals surface area contributed by atoms with Gasteiger partial charge >= 0.3 is 0 Å². The molecule has 2 atom stereocenters. The molecule has 0 bridgehead atoms. The van der Waals surface area contributed by atoms with Gasteiger partial charge in [0.2, 0.25) is 0 Å². The number of nitrogens with zero attached hydrogens (tertiary/aromatic N) is 3. The summed E-state index contributed by atoms with van der Waals surface area (Å²) in [7, 11) is 0. The highest BCUT2D eigenvalue weighted by Gasteiger charge is 2.30. The molecule has 1 amide bonds. The highest BCUT2D eigenvalue weighted by Crippen LogP contribution is 2.37. The number of anilines is 1. The molecule has 2 aliphatic carbocycles. The third-order valence-corrected chi connectivity index (χ3v) is 9.92. The van der Waals surface area contributed by atoms with Crippen molar-refractivity contribution in [1.82, 2.24) is 14.6 Å². The van der Waals surface area contributed by atoms with E-state index in [4.69, 9.17) is 4.37 Å². The first kappa shape index (κ1) is 25.4. The van der Waals surface area contributed by atoms with Crippen molar-refractivity contribution in [3.8, 4) is 11.1 Å². The molecule has 1 aliphatic heterocycles. The number of amides is 1. The molecule has 2 fully saturated rings. The van der Waals surface area contributed by atoms with Crippen molar-refractivity contribution < 1.29 is 9.59 Å². The second-order valence-corrected chi connectivity index (χ2v) is 12.2. The van der Waals surface area contributed by atoms with Gasteiger partial charge in [0, 0.05) is 61.3 Å². The Morgan fingerprint density at radius 1 is 0.850 bits per heavy atom. The average Bonchev–Trinajstić information content (AvgIpc) is 3.56. The Kier molecular flexibility index (Phi) is 6.86. The van der Waals surface area contributed by atoms with Gasteiger partial charge in [0.25, 0.3) is 5.91 Å².